The summed E-state index contributed by atoms with van der Waals surface area (Å²) in [4.78, 5) is 14.7. The molecule has 0 radical (unpaired) electrons. The molecule has 6 heteroatoms. The first-order valence-corrected chi connectivity index (χ1v) is 11.4. The molecule has 0 aliphatic carbocycles. The van der Waals surface area contributed by atoms with Gasteiger partial charge in [-0.3, -0.25) is 14.4 Å². The summed E-state index contributed by atoms with van der Waals surface area (Å²) in [7, 11) is 0. The number of nitrogens with zero attached hydrogens (tertiary/aromatic N) is 3. The highest BCUT2D eigenvalue weighted by Gasteiger charge is 2.25. The molecular weight excluding hydrogens is 376 g/mol. The summed E-state index contributed by atoms with van der Waals surface area (Å²) < 4.78 is 7.85. The van der Waals surface area contributed by atoms with Gasteiger partial charge in [0.2, 0.25) is 5.91 Å². The van der Waals surface area contributed by atoms with E-state index in [4.69, 9.17) is 9.84 Å². The Morgan fingerprint density at radius 2 is 2.03 bits per heavy atom. The fraction of sp³-hybridized carbons (Fsp3) is 0.583. The maximum absolute atomic E-state index is 12.2. The van der Waals surface area contributed by atoms with E-state index in [1.54, 1.807) is 0 Å². The van der Waals surface area contributed by atoms with Crippen LogP contribution in [0.15, 0.2) is 30.3 Å². The van der Waals surface area contributed by atoms with Crippen LogP contribution in [-0.4, -0.2) is 46.8 Å². The normalized spacial score (nSPS) is 17.6. The first-order chi connectivity index (χ1) is 14.7. The molecule has 2 aromatic rings. The van der Waals surface area contributed by atoms with Gasteiger partial charge in [0.1, 0.15) is 0 Å². The number of amides is 1. The zero-order chi connectivity index (χ0) is 20.8. The Balaban J connectivity index is 1.19. The minimum absolute atomic E-state index is 0.165. The van der Waals surface area contributed by atoms with Crippen LogP contribution in [0, 0.1) is 5.92 Å². The molecule has 0 unspecified atom stereocenters. The van der Waals surface area contributed by atoms with Gasteiger partial charge in [-0.25, -0.2) is 0 Å². The predicted molar refractivity (Wildman–Crippen MR) is 117 cm³/mol. The van der Waals surface area contributed by atoms with Crippen LogP contribution in [0.3, 0.4) is 0 Å². The lowest BCUT2D eigenvalue weighted by molar-refractivity contribution is -0.121. The molecule has 1 amide bonds. The molecule has 2 aliphatic heterocycles. The van der Waals surface area contributed by atoms with Crippen molar-refractivity contribution in [1.29, 1.82) is 0 Å². The fourth-order valence-corrected chi connectivity index (χ4v) is 4.58. The SMILES string of the molecule is CCn1nc(CN2CCC(CNC(=O)CCc3ccccc3)CC2)c2c1CCOC2. The van der Waals surface area contributed by atoms with Crippen LogP contribution in [0.25, 0.3) is 0 Å². The maximum Gasteiger partial charge on any atom is 0.220 e. The van der Waals surface area contributed by atoms with Crippen molar-refractivity contribution in [2.45, 2.75) is 58.7 Å². The molecule has 0 spiro atoms. The molecule has 1 N–H and O–H groups in total. The van der Waals surface area contributed by atoms with Gasteiger partial charge in [0, 0.05) is 43.7 Å². The summed E-state index contributed by atoms with van der Waals surface area (Å²) in [6.45, 7) is 8.44. The monoisotopic (exact) mass is 410 g/mol. The summed E-state index contributed by atoms with van der Waals surface area (Å²) >= 11 is 0. The lowest BCUT2D eigenvalue weighted by atomic mass is 9.96. The Kier molecular flexibility index (Phi) is 7.18. The number of aryl methyl sites for hydroxylation is 2. The summed E-state index contributed by atoms with van der Waals surface area (Å²) in [5.41, 5.74) is 5.10. The van der Waals surface area contributed by atoms with Crippen molar-refractivity contribution in [2.24, 2.45) is 5.92 Å². The molecule has 0 bridgehead atoms. The Morgan fingerprint density at radius 3 is 2.80 bits per heavy atom. The first kappa shape index (κ1) is 21.1. The molecule has 6 nitrogen and oxygen atoms in total. The van der Waals surface area contributed by atoms with Crippen molar-refractivity contribution in [1.82, 2.24) is 20.0 Å². The smallest absolute Gasteiger partial charge is 0.220 e. The predicted octanol–water partition coefficient (Wildman–Crippen LogP) is 2.94. The van der Waals surface area contributed by atoms with Crippen molar-refractivity contribution in [3.05, 3.63) is 52.8 Å². The number of carbonyl (C=O) groups is 1. The molecule has 0 atom stereocenters. The second-order valence-electron chi connectivity index (χ2n) is 8.50. The van der Waals surface area contributed by atoms with E-state index in [9.17, 15) is 4.79 Å². The highest BCUT2D eigenvalue weighted by Crippen LogP contribution is 2.24. The van der Waals surface area contributed by atoms with Crippen LogP contribution >= 0.6 is 0 Å². The number of hydrogen-bond acceptors (Lipinski definition) is 4. The molecule has 2 aliphatic rings. The largest absolute Gasteiger partial charge is 0.376 e. The molecule has 4 rings (SSSR count). The van der Waals surface area contributed by atoms with Gasteiger partial charge < -0.3 is 10.1 Å². The summed E-state index contributed by atoms with van der Waals surface area (Å²) in [6.07, 6.45) is 4.61. The number of hydrogen-bond donors (Lipinski definition) is 1. The van der Waals surface area contributed by atoms with Crippen molar-refractivity contribution in [3.8, 4) is 0 Å². The van der Waals surface area contributed by atoms with Gasteiger partial charge in [-0.05, 0) is 50.8 Å². The minimum Gasteiger partial charge on any atom is -0.376 e. The number of rotatable bonds is 8. The number of piperidine rings is 1. The van der Waals surface area contributed by atoms with E-state index in [0.29, 0.717) is 18.9 Å². The average Bonchev–Trinajstić information content (AvgIpc) is 3.15. The Morgan fingerprint density at radius 1 is 1.23 bits per heavy atom. The standard InChI is InChI=1S/C24H34N4O2/c1-2-28-23-12-15-30-18-21(23)22(26-28)17-27-13-10-20(11-14-27)16-25-24(29)9-8-19-6-4-3-5-7-19/h3-7,20H,2,8-18H2,1H3,(H,25,29). The number of ether oxygens (including phenoxy) is 1. The van der Waals surface area contributed by atoms with E-state index in [1.807, 2.05) is 18.2 Å². The highest BCUT2D eigenvalue weighted by atomic mass is 16.5. The minimum atomic E-state index is 0.165. The molecule has 1 aromatic carbocycles. The molecule has 3 heterocycles. The van der Waals surface area contributed by atoms with E-state index in [0.717, 1.165) is 65.0 Å². The van der Waals surface area contributed by atoms with Gasteiger partial charge in [0.25, 0.3) is 0 Å². The highest BCUT2D eigenvalue weighted by molar-refractivity contribution is 5.76. The Hall–Kier alpha value is -2.18. The van der Waals surface area contributed by atoms with E-state index >= 15 is 0 Å². The van der Waals surface area contributed by atoms with Crippen LogP contribution in [0.4, 0.5) is 0 Å². The number of likely N-dealkylation sites (tertiary alicyclic amines) is 1. The van der Waals surface area contributed by atoms with Crippen LogP contribution in [0.5, 0.6) is 0 Å². The third-order valence-electron chi connectivity index (χ3n) is 6.43. The second kappa shape index (κ2) is 10.2. The molecule has 1 aromatic heterocycles. The van der Waals surface area contributed by atoms with Crippen molar-refractivity contribution >= 4 is 5.91 Å². The molecule has 0 saturated carbocycles. The van der Waals surface area contributed by atoms with Crippen LogP contribution in [0.1, 0.15) is 48.7 Å². The molecule has 162 valence electrons. The molecule has 30 heavy (non-hydrogen) atoms. The van der Waals surface area contributed by atoms with Crippen LogP contribution < -0.4 is 5.32 Å². The first-order valence-electron chi connectivity index (χ1n) is 11.4. The number of fused-ring (bicyclic) bond motifs is 1. The van der Waals surface area contributed by atoms with Crippen molar-refractivity contribution in [2.75, 3.05) is 26.2 Å². The van der Waals surface area contributed by atoms with E-state index in [1.165, 1.54) is 22.5 Å². The molecule has 1 fully saturated rings. The lowest BCUT2D eigenvalue weighted by Gasteiger charge is -2.31. The number of carbonyl (C=O) groups excluding carboxylic acids is 1. The average molecular weight is 411 g/mol. The number of aromatic nitrogens is 2. The molecular formula is C24H34N4O2. The van der Waals surface area contributed by atoms with Gasteiger partial charge in [-0.15, -0.1) is 0 Å². The summed E-state index contributed by atoms with van der Waals surface area (Å²) in [6, 6.07) is 10.2. The Labute approximate surface area is 179 Å². The van der Waals surface area contributed by atoms with Gasteiger partial charge in [0.15, 0.2) is 0 Å². The van der Waals surface area contributed by atoms with Crippen molar-refractivity contribution < 1.29 is 9.53 Å². The lowest BCUT2D eigenvalue weighted by Crippen LogP contribution is -2.38. The fourth-order valence-electron chi connectivity index (χ4n) is 4.58. The van der Waals surface area contributed by atoms with Gasteiger partial charge >= 0.3 is 0 Å². The van der Waals surface area contributed by atoms with E-state index in [-0.39, 0.29) is 5.91 Å². The van der Waals surface area contributed by atoms with Crippen LogP contribution in [-0.2, 0) is 42.1 Å². The van der Waals surface area contributed by atoms with E-state index in [2.05, 4.69) is 34.0 Å². The van der Waals surface area contributed by atoms with Crippen LogP contribution in [0.2, 0.25) is 0 Å². The maximum atomic E-state index is 12.2. The summed E-state index contributed by atoms with van der Waals surface area (Å²) in [5, 5.41) is 8.02. The van der Waals surface area contributed by atoms with Crippen molar-refractivity contribution in [3.63, 3.8) is 0 Å². The van der Waals surface area contributed by atoms with Gasteiger partial charge in [0.05, 0.1) is 18.9 Å². The second-order valence-corrected chi connectivity index (χ2v) is 8.50. The summed E-state index contributed by atoms with van der Waals surface area (Å²) in [5.74, 6) is 0.741. The zero-order valence-electron chi connectivity index (χ0n) is 18.1. The number of benzene rings is 1. The molecule has 1 saturated heterocycles. The Bertz CT molecular complexity index is 825. The zero-order valence-corrected chi connectivity index (χ0v) is 18.1. The third kappa shape index (κ3) is 5.29. The quantitative estimate of drug-likeness (QED) is 0.727. The topological polar surface area (TPSA) is 59.4 Å². The van der Waals surface area contributed by atoms with Gasteiger partial charge in [-0.2, -0.15) is 5.10 Å². The third-order valence-corrected chi connectivity index (χ3v) is 6.43. The van der Waals surface area contributed by atoms with E-state index < -0.39 is 0 Å². The number of nitrogens with one attached hydrogen (secondary N) is 1. The van der Waals surface area contributed by atoms with Gasteiger partial charge in [-0.1, -0.05) is 30.3 Å².